The number of nitrogens with one attached hydrogen (secondary N) is 1. The summed E-state index contributed by atoms with van der Waals surface area (Å²) in [5.74, 6) is 0.268. The molecule has 0 spiro atoms. The Balaban J connectivity index is 1.53. The Morgan fingerprint density at radius 3 is 2.41 bits per heavy atom. The first-order valence-corrected chi connectivity index (χ1v) is 10.9. The smallest absolute Gasteiger partial charge is 0.262 e. The predicted molar refractivity (Wildman–Crippen MR) is 130 cm³/mol. The molecular weight excluding hydrogens is 431 g/mol. The molecule has 1 N–H and O–H groups in total. The maximum Gasteiger partial charge on any atom is 0.262 e. The van der Waals surface area contributed by atoms with Gasteiger partial charge in [-0.2, -0.15) is 0 Å². The van der Waals surface area contributed by atoms with Crippen LogP contribution in [-0.2, 0) is 6.61 Å². The maximum atomic E-state index is 14.1. The van der Waals surface area contributed by atoms with Crippen LogP contribution in [0.2, 0.25) is 0 Å². The normalized spacial score (nSPS) is 14.8. The van der Waals surface area contributed by atoms with E-state index in [4.69, 9.17) is 9.47 Å². The van der Waals surface area contributed by atoms with Gasteiger partial charge in [-0.1, -0.05) is 48.5 Å². The molecule has 0 aliphatic carbocycles. The summed E-state index contributed by atoms with van der Waals surface area (Å²) in [5, 5.41) is 3.50. The van der Waals surface area contributed by atoms with Gasteiger partial charge in [-0.15, -0.1) is 0 Å². The Hall–Kier alpha value is -4.32. The van der Waals surface area contributed by atoms with Gasteiger partial charge in [0, 0.05) is 16.9 Å². The van der Waals surface area contributed by atoms with E-state index in [-0.39, 0.29) is 18.3 Å². The van der Waals surface area contributed by atoms with E-state index in [2.05, 4.69) is 5.32 Å². The monoisotopic (exact) mass is 454 g/mol. The number of anilines is 2. The molecule has 1 atom stereocenters. The molecule has 34 heavy (non-hydrogen) atoms. The molecule has 1 amide bonds. The second kappa shape index (κ2) is 9.27. The molecule has 0 aromatic heterocycles. The third kappa shape index (κ3) is 4.06. The van der Waals surface area contributed by atoms with Crippen molar-refractivity contribution in [2.45, 2.75) is 12.8 Å². The molecule has 1 aliphatic rings. The SMILES string of the molecule is COc1ccc(C2Nc3ccccc3C(=O)N2c2ccccc2)cc1COc1ccccc1F. The van der Waals surface area contributed by atoms with Gasteiger partial charge in [-0.3, -0.25) is 9.69 Å². The van der Waals surface area contributed by atoms with Gasteiger partial charge in [0.15, 0.2) is 11.6 Å². The second-order valence-electron chi connectivity index (χ2n) is 7.89. The van der Waals surface area contributed by atoms with Crippen molar-refractivity contribution in [3.8, 4) is 11.5 Å². The van der Waals surface area contributed by atoms with Crippen molar-refractivity contribution in [1.82, 2.24) is 0 Å². The molecule has 1 unspecified atom stereocenters. The summed E-state index contributed by atoms with van der Waals surface area (Å²) in [4.78, 5) is 15.3. The lowest BCUT2D eigenvalue weighted by molar-refractivity contribution is 0.0975. The number of methoxy groups -OCH3 is 1. The first kappa shape index (κ1) is 21.5. The largest absolute Gasteiger partial charge is 0.496 e. The number of nitrogens with zero attached hydrogens (tertiary/aromatic N) is 1. The average Bonchev–Trinajstić information content (AvgIpc) is 2.88. The standard InChI is InChI=1S/C28H23FN2O3/c1-33-25-16-15-19(17-20(25)18-34-26-14-8-6-12-23(26)29)27-30-24-13-7-5-11-22(24)28(32)31(27)21-9-3-2-4-10-21/h2-17,27,30H,18H2,1H3. The Kier molecular flexibility index (Phi) is 5.87. The number of hydrogen-bond acceptors (Lipinski definition) is 4. The molecule has 5 rings (SSSR count). The number of carbonyl (C=O) groups is 1. The zero-order valence-electron chi connectivity index (χ0n) is 18.6. The molecule has 1 aliphatic heterocycles. The number of amides is 1. The van der Waals surface area contributed by atoms with Crippen LogP contribution in [-0.4, -0.2) is 13.0 Å². The fraction of sp³-hybridized carbons (Fsp3) is 0.107. The van der Waals surface area contributed by atoms with Gasteiger partial charge in [-0.05, 0) is 54.1 Å². The first-order chi connectivity index (χ1) is 16.7. The van der Waals surface area contributed by atoms with Crippen LogP contribution in [0.3, 0.4) is 0 Å². The molecule has 1 heterocycles. The molecule has 0 saturated carbocycles. The van der Waals surface area contributed by atoms with Crippen LogP contribution in [0, 0.1) is 5.82 Å². The quantitative estimate of drug-likeness (QED) is 0.378. The summed E-state index contributed by atoms with van der Waals surface area (Å²) in [6, 6.07) is 29.0. The van der Waals surface area contributed by atoms with E-state index in [1.54, 1.807) is 30.2 Å². The lowest BCUT2D eigenvalue weighted by atomic mass is 10.0. The number of halogens is 1. The average molecular weight is 455 g/mol. The highest BCUT2D eigenvalue weighted by atomic mass is 19.1. The molecule has 5 nitrogen and oxygen atoms in total. The zero-order valence-corrected chi connectivity index (χ0v) is 18.6. The van der Waals surface area contributed by atoms with Crippen molar-refractivity contribution in [3.63, 3.8) is 0 Å². The zero-order chi connectivity index (χ0) is 23.5. The van der Waals surface area contributed by atoms with Crippen LogP contribution in [0.5, 0.6) is 11.5 Å². The van der Waals surface area contributed by atoms with Crippen LogP contribution in [0.25, 0.3) is 0 Å². The fourth-order valence-electron chi connectivity index (χ4n) is 4.14. The molecule has 4 aromatic carbocycles. The lowest BCUT2D eigenvalue weighted by Crippen LogP contribution is -2.43. The number of benzene rings is 4. The van der Waals surface area contributed by atoms with Crippen molar-refractivity contribution in [2.24, 2.45) is 0 Å². The first-order valence-electron chi connectivity index (χ1n) is 10.9. The fourth-order valence-corrected chi connectivity index (χ4v) is 4.14. The predicted octanol–water partition coefficient (Wildman–Crippen LogP) is 6.18. The summed E-state index contributed by atoms with van der Waals surface area (Å²) >= 11 is 0. The van der Waals surface area contributed by atoms with Gasteiger partial charge >= 0.3 is 0 Å². The van der Waals surface area contributed by atoms with Crippen molar-refractivity contribution in [3.05, 3.63) is 120 Å². The van der Waals surface area contributed by atoms with Crippen LogP contribution < -0.4 is 19.7 Å². The van der Waals surface area contributed by atoms with E-state index in [0.717, 1.165) is 22.5 Å². The highest BCUT2D eigenvalue weighted by molar-refractivity contribution is 6.12. The van der Waals surface area contributed by atoms with E-state index in [1.165, 1.54) is 6.07 Å². The van der Waals surface area contributed by atoms with Crippen LogP contribution in [0.4, 0.5) is 15.8 Å². The third-order valence-corrected chi connectivity index (χ3v) is 5.80. The Morgan fingerprint density at radius 1 is 0.882 bits per heavy atom. The minimum absolute atomic E-state index is 0.0921. The third-order valence-electron chi connectivity index (χ3n) is 5.80. The van der Waals surface area contributed by atoms with Crippen LogP contribution in [0.1, 0.15) is 27.7 Å². The number of hydrogen-bond donors (Lipinski definition) is 1. The van der Waals surface area contributed by atoms with E-state index >= 15 is 0 Å². The summed E-state index contributed by atoms with van der Waals surface area (Å²) < 4.78 is 25.3. The number of ether oxygens (including phenoxy) is 2. The van der Waals surface area contributed by atoms with Gasteiger partial charge in [0.25, 0.3) is 5.91 Å². The molecule has 170 valence electrons. The molecular formula is C28H23FN2O3. The number of rotatable bonds is 6. The molecule has 0 radical (unpaired) electrons. The van der Waals surface area contributed by atoms with Gasteiger partial charge < -0.3 is 14.8 Å². The van der Waals surface area contributed by atoms with Crippen molar-refractivity contribution >= 4 is 17.3 Å². The van der Waals surface area contributed by atoms with Gasteiger partial charge in [-0.25, -0.2) is 4.39 Å². The van der Waals surface area contributed by atoms with Crippen LogP contribution >= 0.6 is 0 Å². The minimum atomic E-state index is -0.456. The van der Waals surface area contributed by atoms with Crippen molar-refractivity contribution in [1.29, 1.82) is 0 Å². The summed E-state index contributed by atoms with van der Waals surface area (Å²) in [5.41, 5.74) is 3.74. The number of fused-ring (bicyclic) bond motifs is 1. The van der Waals surface area contributed by atoms with Gasteiger partial charge in [0.05, 0.1) is 12.7 Å². The Bertz CT molecular complexity index is 1330. The summed E-state index contributed by atoms with van der Waals surface area (Å²) in [7, 11) is 1.58. The van der Waals surface area contributed by atoms with E-state index in [1.807, 2.05) is 72.8 Å². The van der Waals surface area contributed by atoms with E-state index in [0.29, 0.717) is 11.3 Å². The molecule has 0 saturated heterocycles. The highest BCUT2D eigenvalue weighted by Crippen LogP contribution is 2.37. The minimum Gasteiger partial charge on any atom is -0.496 e. The van der Waals surface area contributed by atoms with E-state index < -0.39 is 12.0 Å². The molecule has 0 fully saturated rings. The maximum absolute atomic E-state index is 14.1. The summed E-state index contributed by atoms with van der Waals surface area (Å²) in [6.07, 6.45) is -0.456. The van der Waals surface area contributed by atoms with Crippen molar-refractivity contribution in [2.75, 3.05) is 17.3 Å². The van der Waals surface area contributed by atoms with Gasteiger partial charge in [0.2, 0.25) is 0 Å². The highest BCUT2D eigenvalue weighted by Gasteiger charge is 2.34. The molecule has 0 bridgehead atoms. The van der Waals surface area contributed by atoms with Crippen LogP contribution in [0.15, 0.2) is 97.1 Å². The molecule has 6 heteroatoms. The van der Waals surface area contributed by atoms with E-state index in [9.17, 15) is 9.18 Å². The number of para-hydroxylation sites is 3. The number of carbonyl (C=O) groups excluding carboxylic acids is 1. The topological polar surface area (TPSA) is 50.8 Å². The Morgan fingerprint density at radius 2 is 1.62 bits per heavy atom. The lowest BCUT2D eigenvalue weighted by Gasteiger charge is -2.38. The molecule has 4 aromatic rings. The van der Waals surface area contributed by atoms with Crippen molar-refractivity contribution < 1.29 is 18.7 Å². The summed E-state index contributed by atoms with van der Waals surface area (Å²) in [6.45, 7) is 0.112. The second-order valence-corrected chi connectivity index (χ2v) is 7.89. The Labute approximate surface area is 197 Å². The van der Waals surface area contributed by atoms with Gasteiger partial charge in [0.1, 0.15) is 18.5 Å².